The molecule has 1 heterocycles. The molecule has 0 amide bonds. The van der Waals surface area contributed by atoms with Crippen LogP contribution in [0.4, 0.5) is 13.2 Å². The van der Waals surface area contributed by atoms with E-state index in [4.69, 9.17) is 0 Å². The monoisotopic (exact) mass is 306 g/mol. The lowest BCUT2D eigenvalue weighted by Crippen LogP contribution is -2.03. The van der Waals surface area contributed by atoms with Crippen LogP contribution >= 0.6 is 27.3 Å². The van der Waals surface area contributed by atoms with Crippen molar-refractivity contribution in [1.29, 1.82) is 0 Å². The van der Waals surface area contributed by atoms with E-state index in [1.807, 2.05) is 11.4 Å². The first-order chi connectivity index (χ1) is 7.47. The molecule has 0 radical (unpaired) electrons. The maximum Gasteiger partial charge on any atom is 0.416 e. The smallest absolute Gasteiger partial charge is 0.166 e. The molecule has 2 aromatic rings. The molecule has 16 heavy (non-hydrogen) atoms. The van der Waals surface area contributed by atoms with E-state index in [0.29, 0.717) is 0 Å². The van der Waals surface area contributed by atoms with Crippen molar-refractivity contribution in [3.05, 3.63) is 45.1 Å². The van der Waals surface area contributed by atoms with Crippen LogP contribution in [0.15, 0.2) is 39.5 Å². The minimum absolute atomic E-state index is 0.620. The van der Waals surface area contributed by atoms with Gasteiger partial charge in [-0.3, -0.25) is 0 Å². The second kappa shape index (κ2) is 4.22. The average molecular weight is 307 g/mol. The molecule has 5 heteroatoms. The summed E-state index contributed by atoms with van der Waals surface area (Å²) < 4.78 is 37.9. The Morgan fingerprint density at radius 3 is 2.06 bits per heavy atom. The molecular weight excluding hydrogens is 301 g/mol. The maximum atomic E-state index is 12.3. The van der Waals surface area contributed by atoms with Crippen LogP contribution in [0, 0.1) is 0 Å². The van der Waals surface area contributed by atoms with Crippen LogP contribution in [0.2, 0.25) is 0 Å². The van der Waals surface area contributed by atoms with Gasteiger partial charge >= 0.3 is 6.18 Å². The molecule has 0 aliphatic carbocycles. The molecule has 0 saturated heterocycles. The lowest BCUT2D eigenvalue weighted by Gasteiger charge is -2.06. The third kappa shape index (κ3) is 2.47. The van der Waals surface area contributed by atoms with E-state index in [9.17, 15) is 13.2 Å². The zero-order valence-electron chi connectivity index (χ0n) is 7.88. The fourth-order valence-electron chi connectivity index (χ4n) is 1.31. The van der Waals surface area contributed by atoms with E-state index in [2.05, 4.69) is 15.9 Å². The lowest BCUT2D eigenvalue weighted by atomic mass is 10.1. The van der Waals surface area contributed by atoms with E-state index in [1.165, 1.54) is 23.5 Å². The highest BCUT2D eigenvalue weighted by Crippen LogP contribution is 2.33. The van der Waals surface area contributed by atoms with Gasteiger partial charge in [-0.15, -0.1) is 11.3 Å². The van der Waals surface area contributed by atoms with Crippen LogP contribution < -0.4 is 0 Å². The van der Waals surface area contributed by atoms with Crippen LogP contribution in [-0.2, 0) is 6.18 Å². The van der Waals surface area contributed by atoms with Gasteiger partial charge in [-0.25, -0.2) is 0 Å². The van der Waals surface area contributed by atoms with Gasteiger partial charge < -0.3 is 0 Å². The summed E-state index contributed by atoms with van der Waals surface area (Å²) in [5.74, 6) is 0. The Balaban J connectivity index is 2.33. The molecule has 1 aromatic carbocycles. The highest BCUT2D eigenvalue weighted by atomic mass is 79.9. The molecule has 2 rings (SSSR count). The average Bonchev–Trinajstić information content (AvgIpc) is 2.64. The van der Waals surface area contributed by atoms with Crippen LogP contribution in [0.3, 0.4) is 0 Å². The van der Waals surface area contributed by atoms with Crippen LogP contribution in [0.25, 0.3) is 11.1 Å². The molecule has 0 spiro atoms. The van der Waals surface area contributed by atoms with Gasteiger partial charge in [0.25, 0.3) is 0 Å². The van der Waals surface area contributed by atoms with Gasteiger partial charge in [0.2, 0.25) is 0 Å². The molecule has 0 saturated carbocycles. The number of thiophene rings is 1. The molecule has 1 aromatic heterocycles. The summed E-state index contributed by atoms with van der Waals surface area (Å²) in [6.45, 7) is 0. The van der Waals surface area contributed by atoms with Crippen molar-refractivity contribution in [2.24, 2.45) is 0 Å². The molecule has 84 valence electrons. The molecule has 0 nitrogen and oxygen atoms in total. The van der Waals surface area contributed by atoms with Gasteiger partial charge in [-0.2, -0.15) is 13.2 Å². The summed E-state index contributed by atoms with van der Waals surface area (Å²) >= 11 is 4.82. The fourth-order valence-corrected chi connectivity index (χ4v) is 2.48. The number of halogens is 4. The van der Waals surface area contributed by atoms with Gasteiger partial charge in [0.15, 0.2) is 0 Å². The molecule has 0 atom stereocenters. The highest BCUT2D eigenvalue weighted by Gasteiger charge is 2.29. The second-order valence-corrected chi connectivity index (χ2v) is 5.51. The van der Waals surface area contributed by atoms with Crippen molar-refractivity contribution in [2.45, 2.75) is 6.18 Å². The zero-order valence-corrected chi connectivity index (χ0v) is 10.3. The van der Waals surface area contributed by atoms with E-state index < -0.39 is 11.7 Å². The van der Waals surface area contributed by atoms with Crippen molar-refractivity contribution >= 4 is 27.3 Å². The molecule has 0 aliphatic heterocycles. The topological polar surface area (TPSA) is 0 Å². The third-order valence-electron chi connectivity index (χ3n) is 2.11. The van der Waals surface area contributed by atoms with Crippen molar-refractivity contribution in [3.63, 3.8) is 0 Å². The summed E-state index contributed by atoms with van der Waals surface area (Å²) in [6.07, 6.45) is -4.27. The minimum Gasteiger partial charge on any atom is -0.166 e. The van der Waals surface area contributed by atoms with Crippen molar-refractivity contribution in [2.75, 3.05) is 0 Å². The predicted octanol–water partition coefficient (Wildman–Crippen LogP) is 5.20. The minimum atomic E-state index is -4.27. The Hall–Kier alpha value is -0.810. The summed E-state index contributed by atoms with van der Waals surface area (Å²) in [5, 5.41) is 1.90. The van der Waals surface area contributed by atoms with Gasteiger partial charge in [0, 0.05) is 0 Å². The van der Waals surface area contributed by atoms with Gasteiger partial charge in [-0.05, 0) is 50.6 Å². The Kier molecular flexibility index (Phi) is 3.08. The number of hydrogen-bond donors (Lipinski definition) is 0. The first kappa shape index (κ1) is 11.7. The van der Waals surface area contributed by atoms with Crippen molar-refractivity contribution in [3.8, 4) is 11.1 Å². The first-order valence-corrected chi connectivity index (χ1v) is 6.06. The third-order valence-corrected chi connectivity index (χ3v) is 3.62. The molecule has 0 fully saturated rings. The van der Waals surface area contributed by atoms with E-state index in [0.717, 1.165) is 27.0 Å². The Morgan fingerprint density at radius 1 is 1.00 bits per heavy atom. The highest BCUT2D eigenvalue weighted by molar-refractivity contribution is 9.11. The van der Waals surface area contributed by atoms with Crippen LogP contribution in [0.5, 0.6) is 0 Å². The molecule has 0 bridgehead atoms. The van der Waals surface area contributed by atoms with Gasteiger partial charge in [0.05, 0.1) is 9.35 Å². The standard InChI is InChI=1S/C11H6BrF3S/c12-10-5-8(6-16-10)7-1-3-9(4-2-7)11(13,14)15/h1-6H. The SMILES string of the molecule is FC(F)(F)c1ccc(-c2csc(Br)c2)cc1. The number of alkyl halides is 3. The zero-order chi connectivity index (χ0) is 11.8. The number of hydrogen-bond acceptors (Lipinski definition) is 1. The van der Waals surface area contributed by atoms with E-state index in [-0.39, 0.29) is 0 Å². The van der Waals surface area contributed by atoms with E-state index in [1.54, 1.807) is 0 Å². The Labute approximate surface area is 103 Å². The normalized spacial score (nSPS) is 11.8. The maximum absolute atomic E-state index is 12.3. The van der Waals surface area contributed by atoms with Crippen molar-refractivity contribution in [1.82, 2.24) is 0 Å². The van der Waals surface area contributed by atoms with E-state index >= 15 is 0 Å². The van der Waals surface area contributed by atoms with Crippen LogP contribution in [-0.4, -0.2) is 0 Å². The fraction of sp³-hybridized carbons (Fsp3) is 0.0909. The summed E-state index contributed by atoms with van der Waals surface area (Å²) in [4.78, 5) is 0. The summed E-state index contributed by atoms with van der Waals surface area (Å²) in [6, 6.07) is 7.05. The predicted molar refractivity (Wildman–Crippen MR) is 62.5 cm³/mol. The summed E-state index contributed by atoms with van der Waals surface area (Å²) in [7, 11) is 0. The lowest BCUT2D eigenvalue weighted by molar-refractivity contribution is -0.137. The second-order valence-electron chi connectivity index (χ2n) is 3.21. The Morgan fingerprint density at radius 2 is 1.62 bits per heavy atom. The number of benzene rings is 1. The Bertz CT molecular complexity index is 485. The molecule has 0 N–H and O–H groups in total. The van der Waals surface area contributed by atoms with Crippen molar-refractivity contribution < 1.29 is 13.2 Å². The van der Waals surface area contributed by atoms with Gasteiger partial charge in [-0.1, -0.05) is 12.1 Å². The first-order valence-electron chi connectivity index (χ1n) is 4.38. The molecule has 0 unspecified atom stereocenters. The van der Waals surface area contributed by atoms with Crippen LogP contribution in [0.1, 0.15) is 5.56 Å². The largest absolute Gasteiger partial charge is 0.416 e. The molecule has 0 aliphatic rings. The summed E-state index contributed by atoms with van der Waals surface area (Å²) in [5.41, 5.74) is 1.09. The molecular formula is C11H6BrF3S. The van der Waals surface area contributed by atoms with Gasteiger partial charge in [0.1, 0.15) is 0 Å². The number of rotatable bonds is 1. The quantitative estimate of drug-likeness (QED) is 0.679.